The van der Waals surface area contributed by atoms with E-state index in [4.69, 9.17) is 32.4 Å². The Labute approximate surface area is 101 Å². The van der Waals surface area contributed by atoms with Gasteiger partial charge in [-0.15, -0.1) is 0 Å². The van der Waals surface area contributed by atoms with Gasteiger partial charge >= 0.3 is 6.72 Å². The summed E-state index contributed by atoms with van der Waals surface area (Å²) in [6.45, 7) is 2.12. The highest BCUT2D eigenvalue weighted by Crippen LogP contribution is 2.63. The monoisotopic (exact) mass is 292 g/mol. The first-order valence-corrected chi connectivity index (χ1v) is 9.76. The molecule has 0 saturated carbocycles. The van der Waals surface area contributed by atoms with E-state index in [-0.39, 0.29) is 5.66 Å². The van der Waals surface area contributed by atoms with Gasteiger partial charge in [-0.25, -0.2) is 0 Å². The summed E-state index contributed by atoms with van der Waals surface area (Å²) in [5, 5.41) is 0. The summed E-state index contributed by atoms with van der Waals surface area (Å²) in [7, 11) is 0. The van der Waals surface area contributed by atoms with Crippen LogP contribution >= 0.6 is 13.2 Å². The highest BCUT2D eigenvalue weighted by atomic mass is 32.5. The van der Waals surface area contributed by atoms with E-state index in [2.05, 4.69) is 0 Å². The molecule has 0 fully saturated rings. The van der Waals surface area contributed by atoms with Crippen molar-refractivity contribution in [3.8, 4) is 0 Å². The van der Waals surface area contributed by atoms with Gasteiger partial charge in [-0.3, -0.25) is 4.31 Å². The number of hydrogen-bond donors (Lipinski definition) is 2. The first-order chi connectivity index (χ1) is 6.36. The maximum atomic E-state index is 9.75. The van der Waals surface area contributed by atoms with Crippen molar-refractivity contribution in [3.63, 3.8) is 0 Å². The van der Waals surface area contributed by atoms with Gasteiger partial charge in [0.1, 0.15) is 0 Å². The lowest BCUT2D eigenvalue weighted by atomic mass is 10.2. The molecule has 92 valence electrons. The third-order valence-corrected chi connectivity index (χ3v) is 7.80. The van der Waals surface area contributed by atoms with Gasteiger partial charge in [0.2, 0.25) is 0 Å². The molecule has 0 aromatic rings. The maximum absolute atomic E-state index is 9.75. The van der Waals surface area contributed by atoms with Crippen molar-refractivity contribution in [1.82, 2.24) is 0 Å². The van der Waals surface area contributed by atoms with Crippen LogP contribution in [0.3, 0.4) is 0 Å². The molecule has 0 spiro atoms. The second kappa shape index (κ2) is 5.19. The van der Waals surface area contributed by atoms with E-state index >= 15 is 0 Å². The third kappa shape index (κ3) is 7.14. The average molecular weight is 292 g/mol. The predicted octanol–water partition coefficient (Wildman–Crippen LogP) is 2.75. The highest BCUT2D eigenvalue weighted by Gasteiger charge is 2.32. The van der Waals surface area contributed by atoms with Crippen LogP contribution in [0.15, 0.2) is 0 Å². The predicted molar refractivity (Wildman–Crippen MR) is 70.1 cm³/mol. The molecule has 0 rings (SSSR count). The smallest absolute Gasteiger partial charge is 0.330 e. The minimum atomic E-state index is -3.46. The van der Waals surface area contributed by atoms with E-state index in [1.165, 1.54) is 0 Å². The van der Waals surface area contributed by atoms with E-state index < -0.39 is 18.8 Å². The molecule has 0 aliphatic rings. The Kier molecular flexibility index (Phi) is 5.59. The first kappa shape index (κ1) is 16.1. The summed E-state index contributed by atoms with van der Waals surface area (Å²) < 4.78 is 10.2. The van der Waals surface area contributed by atoms with Gasteiger partial charge in [0, 0.05) is 5.66 Å². The van der Waals surface area contributed by atoms with Crippen molar-refractivity contribution < 1.29 is 18.6 Å². The van der Waals surface area contributed by atoms with Crippen LogP contribution in [0, 0.1) is 0 Å². The number of hydrogen-bond acceptors (Lipinski definition) is 4. The largest absolute Gasteiger partial charge is 0.345 e. The molecule has 0 aliphatic heterocycles. The normalized spacial score (nSPS) is 21.1. The van der Waals surface area contributed by atoms with Crippen molar-refractivity contribution >= 4 is 36.8 Å². The zero-order chi connectivity index (χ0) is 12.5. The molecule has 2 unspecified atom stereocenters. The zero-order valence-corrected chi connectivity index (χ0v) is 12.9. The SMILES string of the molecule is CC(C)P(O)(=S)OP(O)(=S)OC(C)(C)C. The molecule has 0 aliphatic carbocycles. The Hall–Kier alpha value is 1.14. The summed E-state index contributed by atoms with van der Waals surface area (Å²) in [6.07, 6.45) is 0. The summed E-state index contributed by atoms with van der Waals surface area (Å²) in [5.41, 5.74) is -0.887. The molecule has 0 heterocycles. The highest BCUT2D eigenvalue weighted by molar-refractivity contribution is 8.15. The van der Waals surface area contributed by atoms with Crippen molar-refractivity contribution in [2.45, 2.75) is 45.9 Å². The molecule has 0 bridgehead atoms. The Bertz CT molecular complexity index is 311. The Morgan fingerprint density at radius 2 is 1.53 bits per heavy atom. The van der Waals surface area contributed by atoms with Crippen LogP contribution in [0.2, 0.25) is 0 Å². The zero-order valence-electron chi connectivity index (χ0n) is 9.50. The van der Waals surface area contributed by atoms with Gasteiger partial charge < -0.3 is 14.3 Å². The second-order valence-corrected chi connectivity index (χ2v) is 11.3. The maximum Gasteiger partial charge on any atom is 0.330 e. The fourth-order valence-electron chi connectivity index (χ4n) is 0.605. The third-order valence-electron chi connectivity index (χ3n) is 1.26. The van der Waals surface area contributed by atoms with Crippen LogP contribution in [0.1, 0.15) is 34.6 Å². The van der Waals surface area contributed by atoms with Crippen LogP contribution in [0.25, 0.3) is 0 Å². The summed E-state index contributed by atoms with van der Waals surface area (Å²) in [5.74, 6) is 0. The van der Waals surface area contributed by atoms with Crippen molar-refractivity contribution in [1.29, 1.82) is 0 Å². The Morgan fingerprint density at radius 3 is 1.80 bits per heavy atom. The lowest BCUT2D eigenvalue weighted by Crippen LogP contribution is -2.18. The van der Waals surface area contributed by atoms with Crippen LogP contribution in [-0.2, 0) is 32.4 Å². The summed E-state index contributed by atoms with van der Waals surface area (Å²) in [6, 6.07) is 0. The minimum absolute atomic E-state index is 0.259. The van der Waals surface area contributed by atoms with Crippen LogP contribution in [0.5, 0.6) is 0 Å². The van der Waals surface area contributed by atoms with Gasteiger partial charge in [0.25, 0.3) is 0 Å². The molecule has 0 aromatic heterocycles. The molecular weight excluding hydrogens is 274 g/mol. The van der Waals surface area contributed by atoms with Gasteiger partial charge in [-0.1, -0.05) is 13.8 Å². The van der Waals surface area contributed by atoms with E-state index in [9.17, 15) is 9.79 Å². The van der Waals surface area contributed by atoms with Crippen LogP contribution in [-0.4, -0.2) is 21.0 Å². The van der Waals surface area contributed by atoms with E-state index in [0.717, 1.165) is 0 Å². The van der Waals surface area contributed by atoms with E-state index in [1.807, 2.05) is 0 Å². The lowest BCUT2D eigenvalue weighted by molar-refractivity contribution is 0.110. The van der Waals surface area contributed by atoms with Gasteiger partial charge in [-0.05, 0) is 44.4 Å². The molecular formula is C7H18O4P2S2. The fraction of sp³-hybridized carbons (Fsp3) is 1.00. The molecule has 8 heteroatoms. The summed E-state index contributed by atoms with van der Waals surface area (Å²) >= 11 is 9.65. The molecule has 2 N–H and O–H groups in total. The quantitative estimate of drug-likeness (QED) is 0.777. The van der Waals surface area contributed by atoms with Gasteiger partial charge in [0.05, 0.1) is 5.60 Å². The number of rotatable bonds is 4. The van der Waals surface area contributed by atoms with E-state index in [1.54, 1.807) is 34.6 Å². The van der Waals surface area contributed by atoms with Crippen molar-refractivity contribution in [3.05, 3.63) is 0 Å². The van der Waals surface area contributed by atoms with Crippen LogP contribution < -0.4 is 0 Å². The Balaban J connectivity index is 4.67. The van der Waals surface area contributed by atoms with Gasteiger partial charge in [-0.2, -0.15) is 0 Å². The molecule has 2 atom stereocenters. The molecule has 0 aromatic carbocycles. The molecule has 15 heavy (non-hydrogen) atoms. The summed E-state index contributed by atoms with van der Waals surface area (Å²) in [4.78, 5) is 19.5. The average Bonchev–Trinajstić information content (AvgIpc) is 1.75. The van der Waals surface area contributed by atoms with E-state index in [0.29, 0.717) is 0 Å². The lowest BCUT2D eigenvalue weighted by Gasteiger charge is -2.29. The molecule has 4 nitrogen and oxygen atoms in total. The Morgan fingerprint density at radius 1 is 1.13 bits per heavy atom. The van der Waals surface area contributed by atoms with Crippen LogP contribution in [0.4, 0.5) is 0 Å². The fourth-order valence-corrected chi connectivity index (χ4v) is 6.15. The molecule has 0 saturated heterocycles. The standard InChI is InChI=1S/C7H18O4P2S2/c1-6(2)12(8,14)11-13(9,15)10-7(3,4)5/h6H,1-5H3,(H,8,14)(H,9,15). The first-order valence-electron chi connectivity index (χ1n) is 4.43. The topological polar surface area (TPSA) is 58.9 Å². The van der Waals surface area contributed by atoms with Crippen molar-refractivity contribution in [2.75, 3.05) is 0 Å². The van der Waals surface area contributed by atoms with Gasteiger partial charge in [0.15, 0.2) is 6.49 Å². The van der Waals surface area contributed by atoms with Crippen molar-refractivity contribution in [2.24, 2.45) is 0 Å². The molecule has 0 radical (unpaired) electrons. The second-order valence-electron chi connectivity index (χ2n) is 4.41. The minimum Gasteiger partial charge on any atom is -0.345 e. The molecule has 0 amide bonds.